The Labute approximate surface area is 146 Å². The van der Waals surface area contributed by atoms with Crippen LogP contribution in [-0.2, 0) is 11.3 Å². The molecule has 0 N–H and O–H groups in total. The summed E-state index contributed by atoms with van der Waals surface area (Å²) in [6.07, 6.45) is 6.66. The molecule has 1 aromatic carbocycles. The third-order valence-electron chi connectivity index (χ3n) is 6.04. The molecular weight excluding hydrogens is 298 g/mol. The number of carbonyl (C=O) groups is 1. The SMILES string of the molecule is CCC[C@@H]1CC(=O)[C@H]2[C@H](C)CCC[C@H]2N1Cc1ccc(OC)cc1. The third kappa shape index (κ3) is 3.51. The number of ether oxygens (including phenoxy) is 1. The topological polar surface area (TPSA) is 29.5 Å². The molecule has 3 heteroatoms. The molecule has 2 fully saturated rings. The number of carbonyl (C=O) groups excluding carboxylic acids is 1. The molecule has 1 aliphatic heterocycles. The van der Waals surface area contributed by atoms with E-state index in [-0.39, 0.29) is 5.92 Å². The molecule has 1 saturated carbocycles. The van der Waals surface area contributed by atoms with E-state index in [0.717, 1.165) is 31.6 Å². The second-order valence-corrected chi connectivity index (χ2v) is 7.63. The monoisotopic (exact) mass is 329 g/mol. The number of methoxy groups -OCH3 is 1. The highest BCUT2D eigenvalue weighted by molar-refractivity contribution is 5.83. The molecule has 24 heavy (non-hydrogen) atoms. The number of nitrogens with zero attached hydrogens (tertiary/aromatic N) is 1. The lowest BCUT2D eigenvalue weighted by Crippen LogP contribution is -2.57. The molecule has 4 atom stereocenters. The van der Waals surface area contributed by atoms with Gasteiger partial charge in [0.25, 0.3) is 0 Å². The molecule has 0 aromatic heterocycles. The molecule has 1 aliphatic carbocycles. The third-order valence-corrected chi connectivity index (χ3v) is 6.04. The van der Waals surface area contributed by atoms with Gasteiger partial charge in [0.2, 0.25) is 0 Å². The summed E-state index contributed by atoms with van der Waals surface area (Å²) >= 11 is 0. The van der Waals surface area contributed by atoms with Crippen molar-refractivity contribution in [1.82, 2.24) is 4.90 Å². The number of hydrogen-bond acceptors (Lipinski definition) is 3. The average molecular weight is 329 g/mol. The van der Waals surface area contributed by atoms with Gasteiger partial charge in [0.1, 0.15) is 11.5 Å². The lowest BCUT2D eigenvalue weighted by molar-refractivity contribution is -0.137. The number of Topliss-reactive ketones (excluding diaryl/α,β-unsaturated/α-hetero) is 1. The van der Waals surface area contributed by atoms with E-state index in [0.29, 0.717) is 23.8 Å². The van der Waals surface area contributed by atoms with Gasteiger partial charge in [0, 0.05) is 31.0 Å². The van der Waals surface area contributed by atoms with E-state index in [1.54, 1.807) is 7.11 Å². The van der Waals surface area contributed by atoms with Gasteiger partial charge in [-0.25, -0.2) is 0 Å². The molecule has 1 saturated heterocycles. The molecule has 0 radical (unpaired) electrons. The van der Waals surface area contributed by atoms with E-state index >= 15 is 0 Å². The van der Waals surface area contributed by atoms with Gasteiger partial charge in [-0.3, -0.25) is 9.69 Å². The van der Waals surface area contributed by atoms with Crippen molar-refractivity contribution in [2.24, 2.45) is 11.8 Å². The predicted octanol–water partition coefficient (Wildman–Crippen LogP) is 4.44. The standard InChI is InChI=1S/C21H31NO2/c1-4-6-17-13-20(23)21-15(2)7-5-8-19(21)22(17)14-16-9-11-18(24-3)12-10-16/h9-12,15,17,19,21H,4-8,13-14H2,1-3H3/t15-,17-,19-,21+/m1/s1. The quantitative estimate of drug-likeness (QED) is 0.799. The zero-order chi connectivity index (χ0) is 17.1. The van der Waals surface area contributed by atoms with Gasteiger partial charge in [-0.15, -0.1) is 0 Å². The van der Waals surface area contributed by atoms with Crippen molar-refractivity contribution in [2.45, 2.75) is 71.0 Å². The molecule has 0 bridgehead atoms. The van der Waals surface area contributed by atoms with Gasteiger partial charge >= 0.3 is 0 Å². The minimum atomic E-state index is 0.255. The summed E-state index contributed by atoms with van der Waals surface area (Å²) in [4.78, 5) is 15.4. The van der Waals surface area contributed by atoms with Crippen LogP contribution in [0.15, 0.2) is 24.3 Å². The minimum absolute atomic E-state index is 0.255. The van der Waals surface area contributed by atoms with E-state index in [2.05, 4.69) is 30.9 Å². The largest absolute Gasteiger partial charge is 0.497 e. The van der Waals surface area contributed by atoms with Crippen LogP contribution >= 0.6 is 0 Å². The van der Waals surface area contributed by atoms with Gasteiger partial charge < -0.3 is 4.74 Å². The Morgan fingerprint density at radius 2 is 1.96 bits per heavy atom. The number of piperidine rings is 1. The Hall–Kier alpha value is -1.35. The van der Waals surface area contributed by atoms with Crippen molar-refractivity contribution in [3.8, 4) is 5.75 Å². The van der Waals surface area contributed by atoms with Crippen molar-refractivity contribution < 1.29 is 9.53 Å². The van der Waals surface area contributed by atoms with Crippen molar-refractivity contribution in [3.05, 3.63) is 29.8 Å². The van der Waals surface area contributed by atoms with E-state index < -0.39 is 0 Å². The van der Waals surface area contributed by atoms with Crippen molar-refractivity contribution in [1.29, 1.82) is 0 Å². The number of hydrogen-bond donors (Lipinski definition) is 0. The highest BCUT2D eigenvalue weighted by Gasteiger charge is 2.45. The summed E-state index contributed by atoms with van der Waals surface area (Å²) in [5.74, 6) is 2.22. The highest BCUT2D eigenvalue weighted by atomic mass is 16.5. The van der Waals surface area contributed by atoms with Crippen LogP contribution in [0.5, 0.6) is 5.75 Å². The maximum Gasteiger partial charge on any atom is 0.139 e. The van der Waals surface area contributed by atoms with Crippen LogP contribution < -0.4 is 4.74 Å². The van der Waals surface area contributed by atoms with Crippen LogP contribution in [0, 0.1) is 11.8 Å². The first-order valence-corrected chi connectivity index (χ1v) is 9.55. The average Bonchev–Trinajstić information content (AvgIpc) is 2.59. The first-order chi connectivity index (χ1) is 11.6. The Morgan fingerprint density at radius 3 is 2.62 bits per heavy atom. The van der Waals surface area contributed by atoms with Crippen molar-refractivity contribution in [2.75, 3.05) is 7.11 Å². The summed E-state index contributed by atoms with van der Waals surface area (Å²) in [5, 5.41) is 0. The molecule has 1 heterocycles. The molecule has 1 aromatic rings. The highest BCUT2D eigenvalue weighted by Crippen LogP contribution is 2.41. The minimum Gasteiger partial charge on any atom is -0.497 e. The van der Waals surface area contributed by atoms with Crippen molar-refractivity contribution >= 4 is 5.78 Å². The Bertz CT molecular complexity index is 553. The summed E-state index contributed by atoms with van der Waals surface area (Å²) < 4.78 is 5.27. The maximum atomic E-state index is 12.8. The second-order valence-electron chi connectivity index (χ2n) is 7.63. The molecule has 0 spiro atoms. The fourth-order valence-corrected chi connectivity index (χ4v) is 4.84. The van der Waals surface area contributed by atoms with Crippen LogP contribution in [0.25, 0.3) is 0 Å². The van der Waals surface area contributed by atoms with E-state index in [1.807, 2.05) is 12.1 Å². The fourth-order valence-electron chi connectivity index (χ4n) is 4.84. The van der Waals surface area contributed by atoms with Crippen LogP contribution in [0.3, 0.4) is 0 Å². The molecule has 0 amide bonds. The number of fused-ring (bicyclic) bond motifs is 1. The Morgan fingerprint density at radius 1 is 1.21 bits per heavy atom. The normalized spacial score (nSPS) is 30.9. The molecular formula is C21H31NO2. The number of rotatable bonds is 5. The smallest absolute Gasteiger partial charge is 0.139 e. The van der Waals surface area contributed by atoms with E-state index in [1.165, 1.54) is 24.8 Å². The van der Waals surface area contributed by atoms with Gasteiger partial charge in [0.15, 0.2) is 0 Å². The molecule has 2 aliphatic rings. The van der Waals surface area contributed by atoms with E-state index in [9.17, 15) is 4.79 Å². The summed E-state index contributed by atoms with van der Waals surface area (Å²) in [7, 11) is 1.70. The number of likely N-dealkylation sites (tertiary alicyclic amines) is 1. The van der Waals surface area contributed by atoms with Gasteiger partial charge in [-0.2, -0.15) is 0 Å². The van der Waals surface area contributed by atoms with E-state index in [4.69, 9.17) is 4.74 Å². The fraction of sp³-hybridized carbons (Fsp3) is 0.667. The van der Waals surface area contributed by atoms with Crippen LogP contribution in [-0.4, -0.2) is 29.9 Å². The molecule has 3 nitrogen and oxygen atoms in total. The molecule has 3 rings (SSSR count). The number of benzene rings is 1. The first-order valence-electron chi connectivity index (χ1n) is 9.55. The lowest BCUT2D eigenvalue weighted by Gasteiger charge is -2.50. The van der Waals surface area contributed by atoms with Crippen LogP contribution in [0.2, 0.25) is 0 Å². The van der Waals surface area contributed by atoms with Crippen LogP contribution in [0.1, 0.15) is 57.9 Å². The van der Waals surface area contributed by atoms with Gasteiger partial charge in [-0.05, 0) is 42.9 Å². The summed E-state index contributed by atoms with van der Waals surface area (Å²) in [6.45, 7) is 5.46. The van der Waals surface area contributed by atoms with Crippen LogP contribution in [0.4, 0.5) is 0 Å². The van der Waals surface area contributed by atoms with Crippen molar-refractivity contribution in [3.63, 3.8) is 0 Å². The van der Waals surface area contributed by atoms with Gasteiger partial charge in [-0.1, -0.05) is 38.8 Å². The number of ketones is 1. The zero-order valence-corrected chi connectivity index (χ0v) is 15.3. The summed E-state index contributed by atoms with van der Waals surface area (Å²) in [6, 6.07) is 9.27. The predicted molar refractivity (Wildman–Crippen MR) is 97.2 cm³/mol. The zero-order valence-electron chi connectivity index (χ0n) is 15.3. The maximum absolute atomic E-state index is 12.8. The summed E-state index contributed by atoms with van der Waals surface area (Å²) in [5.41, 5.74) is 1.32. The van der Waals surface area contributed by atoms with Gasteiger partial charge in [0.05, 0.1) is 7.11 Å². The Balaban J connectivity index is 1.83. The lowest BCUT2D eigenvalue weighted by atomic mass is 9.69. The Kier molecular flexibility index (Phi) is 5.60. The molecule has 0 unspecified atom stereocenters. The second kappa shape index (κ2) is 7.69. The first kappa shape index (κ1) is 17.5. The molecule has 132 valence electrons.